The van der Waals surface area contributed by atoms with Gasteiger partial charge in [0.25, 0.3) is 0 Å². The molecule has 3 rings (SSSR count). The molecule has 0 N–H and O–H groups in total. The van der Waals surface area contributed by atoms with Gasteiger partial charge in [0.2, 0.25) is 0 Å². The molecule has 0 fully saturated rings. The Kier molecular flexibility index (Phi) is 4.57. The lowest BCUT2D eigenvalue weighted by atomic mass is 10.0. The minimum Gasteiger partial charge on any atom is -0.244 e. The first-order valence-electron chi connectivity index (χ1n) is 8.21. The van der Waals surface area contributed by atoms with Crippen molar-refractivity contribution in [3.8, 4) is 22.8 Å². The lowest BCUT2D eigenvalue weighted by molar-refractivity contribution is 1.12. The zero-order valence-corrected chi connectivity index (χ0v) is 14.9. The van der Waals surface area contributed by atoms with Gasteiger partial charge in [0.15, 0.2) is 5.82 Å². The number of rotatable bonds is 4. The predicted octanol–water partition coefficient (Wildman–Crippen LogP) is 5.42. The second-order valence-electron chi connectivity index (χ2n) is 6.10. The summed E-state index contributed by atoms with van der Waals surface area (Å²) in [6.07, 6.45) is 5.19. The molecule has 0 amide bonds. The number of benzene rings is 1. The van der Waals surface area contributed by atoms with E-state index in [1.54, 1.807) is 18.3 Å². The van der Waals surface area contributed by atoms with Crippen LogP contribution in [0.4, 0.5) is 0 Å². The zero-order valence-electron chi connectivity index (χ0n) is 14.9. The van der Waals surface area contributed by atoms with Gasteiger partial charge in [-0.25, -0.2) is 15.0 Å². The molecule has 3 nitrogen and oxygen atoms in total. The summed E-state index contributed by atoms with van der Waals surface area (Å²) in [5.41, 5.74) is 8.08. The fourth-order valence-corrected chi connectivity index (χ4v) is 2.68. The molecule has 2 heterocycles. The predicted molar refractivity (Wildman–Crippen MR) is 105 cm³/mol. The molecule has 0 aliphatic heterocycles. The molecule has 0 aliphatic carbocycles. The van der Waals surface area contributed by atoms with E-state index >= 15 is 0 Å². The van der Waals surface area contributed by atoms with Crippen molar-refractivity contribution >= 4 is 12.2 Å². The number of aryl methyl sites for hydroxylation is 3. The van der Waals surface area contributed by atoms with Gasteiger partial charge in [0, 0.05) is 17.3 Å². The highest BCUT2D eigenvalue weighted by molar-refractivity contribution is 5.68. The number of nitrogens with zero attached hydrogens (tertiary/aromatic N) is 3. The largest absolute Gasteiger partial charge is 0.244 e. The van der Waals surface area contributed by atoms with Crippen LogP contribution in [-0.2, 0) is 0 Å². The summed E-state index contributed by atoms with van der Waals surface area (Å²) >= 11 is 0. The Morgan fingerprint density at radius 3 is 2.28 bits per heavy atom. The molecule has 1 aromatic carbocycles. The summed E-state index contributed by atoms with van der Waals surface area (Å²) in [5.74, 6) is 0.589. The van der Waals surface area contributed by atoms with Gasteiger partial charge < -0.3 is 0 Å². The summed E-state index contributed by atoms with van der Waals surface area (Å²) in [6, 6.07) is 10.4. The van der Waals surface area contributed by atoms with E-state index in [4.69, 9.17) is 4.98 Å². The van der Waals surface area contributed by atoms with Gasteiger partial charge >= 0.3 is 0 Å². The van der Waals surface area contributed by atoms with Gasteiger partial charge in [0.1, 0.15) is 5.69 Å². The topological polar surface area (TPSA) is 38.7 Å². The molecule has 0 saturated carbocycles. The lowest BCUT2D eigenvalue weighted by Crippen LogP contribution is -1.98. The van der Waals surface area contributed by atoms with Crippen LogP contribution < -0.4 is 0 Å². The van der Waals surface area contributed by atoms with Crippen molar-refractivity contribution in [3.63, 3.8) is 0 Å². The van der Waals surface area contributed by atoms with Gasteiger partial charge in [-0.05, 0) is 55.7 Å². The van der Waals surface area contributed by atoms with Crippen molar-refractivity contribution in [3.05, 3.63) is 77.6 Å². The number of hydrogen-bond acceptors (Lipinski definition) is 3. The molecule has 0 radical (unpaired) electrons. The molecule has 3 aromatic rings. The minimum absolute atomic E-state index is 0.589. The first kappa shape index (κ1) is 16.8. The normalized spacial score (nSPS) is 10.5. The summed E-state index contributed by atoms with van der Waals surface area (Å²) in [7, 11) is 0. The molecule has 0 spiro atoms. The van der Waals surface area contributed by atoms with Gasteiger partial charge in [-0.2, -0.15) is 0 Å². The van der Waals surface area contributed by atoms with Crippen LogP contribution >= 0.6 is 0 Å². The third-order valence-electron chi connectivity index (χ3n) is 4.37. The van der Waals surface area contributed by atoms with E-state index in [1.165, 1.54) is 11.1 Å². The molecule has 124 valence electrons. The Bertz CT molecular complexity index is 971. The molecule has 2 aromatic heterocycles. The monoisotopic (exact) mass is 327 g/mol. The van der Waals surface area contributed by atoms with Crippen LogP contribution in [-0.4, -0.2) is 15.0 Å². The van der Waals surface area contributed by atoms with Gasteiger partial charge in [-0.1, -0.05) is 37.4 Å². The van der Waals surface area contributed by atoms with E-state index in [0.29, 0.717) is 5.82 Å². The highest BCUT2D eigenvalue weighted by Crippen LogP contribution is 2.26. The summed E-state index contributed by atoms with van der Waals surface area (Å²) in [4.78, 5) is 13.8. The fourth-order valence-electron chi connectivity index (χ4n) is 2.68. The van der Waals surface area contributed by atoms with Crippen LogP contribution in [0.3, 0.4) is 0 Å². The van der Waals surface area contributed by atoms with E-state index in [-0.39, 0.29) is 0 Å². The van der Waals surface area contributed by atoms with Crippen molar-refractivity contribution in [1.29, 1.82) is 0 Å². The van der Waals surface area contributed by atoms with Crippen LogP contribution in [0.25, 0.3) is 34.9 Å². The molecular formula is C22H21N3. The Hall–Kier alpha value is -3.07. The van der Waals surface area contributed by atoms with E-state index in [0.717, 1.165) is 33.8 Å². The first-order chi connectivity index (χ1) is 12.0. The highest BCUT2D eigenvalue weighted by Gasteiger charge is 2.11. The van der Waals surface area contributed by atoms with Crippen molar-refractivity contribution in [2.45, 2.75) is 20.8 Å². The second kappa shape index (κ2) is 6.81. The van der Waals surface area contributed by atoms with Gasteiger partial charge in [0.05, 0.1) is 11.4 Å². The second-order valence-corrected chi connectivity index (χ2v) is 6.10. The maximum Gasteiger partial charge on any atom is 0.178 e. The van der Waals surface area contributed by atoms with Crippen molar-refractivity contribution in [2.24, 2.45) is 0 Å². The van der Waals surface area contributed by atoms with E-state index in [9.17, 15) is 0 Å². The first-order valence-corrected chi connectivity index (χ1v) is 8.21. The van der Waals surface area contributed by atoms with E-state index in [2.05, 4.69) is 68.2 Å². The highest BCUT2D eigenvalue weighted by atomic mass is 14.9. The summed E-state index contributed by atoms with van der Waals surface area (Å²) < 4.78 is 0. The maximum atomic E-state index is 4.83. The maximum absolute atomic E-state index is 4.83. The molecule has 3 heteroatoms. The molecule has 0 bridgehead atoms. The van der Waals surface area contributed by atoms with E-state index < -0.39 is 0 Å². The van der Waals surface area contributed by atoms with Crippen molar-refractivity contribution < 1.29 is 0 Å². The fraction of sp³-hybridized carbons (Fsp3) is 0.136. The molecule has 25 heavy (non-hydrogen) atoms. The molecule has 0 atom stereocenters. The summed E-state index contributed by atoms with van der Waals surface area (Å²) in [6.45, 7) is 13.9. The Morgan fingerprint density at radius 1 is 0.840 bits per heavy atom. The standard InChI is InChI=1S/C22H21N3/c1-6-17-13-23-22(25-19(17)7-2)20-11-9-15(4)21(24-20)18-10-8-14(3)16(5)12-18/h6-13H,1-2H2,3-5H3. The molecule has 0 saturated heterocycles. The smallest absolute Gasteiger partial charge is 0.178 e. The third kappa shape index (κ3) is 3.26. The van der Waals surface area contributed by atoms with Gasteiger partial charge in [-0.15, -0.1) is 0 Å². The Labute approximate surface area is 148 Å². The van der Waals surface area contributed by atoms with Crippen molar-refractivity contribution in [1.82, 2.24) is 15.0 Å². The number of aromatic nitrogens is 3. The Morgan fingerprint density at radius 2 is 1.60 bits per heavy atom. The zero-order chi connectivity index (χ0) is 18.0. The average Bonchev–Trinajstić information content (AvgIpc) is 2.64. The minimum atomic E-state index is 0.589. The van der Waals surface area contributed by atoms with Crippen molar-refractivity contribution in [2.75, 3.05) is 0 Å². The van der Waals surface area contributed by atoms with Crippen LogP contribution in [0.15, 0.2) is 49.7 Å². The number of hydrogen-bond donors (Lipinski definition) is 0. The third-order valence-corrected chi connectivity index (χ3v) is 4.37. The van der Waals surface area contributed by atoms with Crippen LogP contribution in [0.5, 0.6) is 0 Å². The van der Waals surface area contributed by atoms with Crippen LogP contribution in [0.1, 0.15) is 27.9 Å². The molecule has 0 unspecified atom stereocenters. The number of pyridine rings is 1. The molecular weight excluding hydrogens is 306 g/mol. The van der Waals surface area contributed by atoms with E-state index in [1.807, 2.05) is 6.07 Å². The summed E-state index contributed by atoms with van der Waals surface area (Å²) in [5, 5.41) is 0. The van der Waals surface area contributed by atoms with Gasteiger partial charge in [-0.3, -0.25) is 0 Å². The quantitative estimate of drug-likeness (QED) is 0.642. The van der Waals surface area contributed by atoms with Crippen LogP contribution in [0, 0.1) is 20.8 Å². The molecule has 0 aliphatic rings. The SMILES string of the molecule is C=Cc1cnc(-c2ccc(C)c(-c3ccc(C)c(C)c3)n2)nc1C=C. The Balaban J connectivity index is 2.12. The van der Waals surface area contributed by atoms with Crippen LogP contribution in [0.2, 0.25) is 0 Å². The average molecular weight is 327 g/mol. The lowest BCUT2D eigenvalue weighted by Gasteiger charge is -2.10.